The maximum Gasteiger partial charge on any atom is 0.307 e. The fraction of sp³-hybridized carbons (Fsp3) is 0.211. The molecule has 2 N–H and O–H groups in total. The van der Waals surface area contributed by atoms with Gasteiger partial charge in [0.1, 0.15) is 0 Å². The lowest BCUT2D eigenvalue weighted by molar-refractivity contribution is -0.143. The van der Waals surface area contributed by atoms with Crippen molar-refractivity contribution in [3.05, 3.63) is 57.3 Å². The first-order valence-electron chi connectivity index (χ1n) is 8.85. The summed E-state index contributed by atoms with van der Waals surface area (Å²) in [6.07, 6.45) is 0.0796. The molecule has 0 aliphatic carbocycles. The van der Waals surface area contributed by atoms with Gasteiger partial charge in [-0.05, 0) is 49.4 Å². The third kappa shape index (κ3) is 5.22. The molecule has 3 aromatic rings. The van der Waals surface area contributed by atoms with Gasteiger partial charge in [0.15, 0.2) is 4.80 Å². The van der Waals surface area contributed by atoms with Crippen molar-refractivity contribution in [1.29, 1.82) is 0 Å². The Morgan fingerprint density at radius 1 is 1.20 bits per heavy atom. The number of benzene rings is 2. The number of carbonyl (C=O) groups excluding carboxylic acids is 2. The van der Waals surface area contributed by atoms with Crippen LogP contribution in [0, 0.1) is 0 Å². The van der Waals surface area contributed by atoms with Gasteiger partial charge in [0.05, 0.1) is 28.1 Å². The Labute approximate surface area is 185 Å². The molecule has 0 aliphatic rings. The number of hydrogen-bond acceptors (Lipinski definition) is 6. The molecule has 30 heavy (non-hydrogen) atoms. The first kappa shape index (κ1) is 22.3. The quantitative estimate of drug-likeness (QED) is 0.510. The summed E-state index contributed by atoms with van der Waals surface area (Å²) < 4.78 is 31.4. The van der Waals surface area contributed by atoms with E-state index in [1.165, 1.54) is 12.1 Å². The number of thiazole rings is 1. The van der Waals surface area contributed by atoms with Crippen LogP contribution in [0.1, 0.15) is 23.7 Å². The van der Waals surface area contributed by atoms with Crippen molar-refractivity contribution in [3.63, 3.8) is 0 Å². The molecule has 0 saturated heterocycles. The first-order valence-corrected chi connectivity index (χ1v) is 12.0. The van der Waals surface area contributed by atoms with E-state index in [0.29, 0.717) is 20.6 Å². The molecule has 0 atom stereocenters. The van der Waals surface area contributed by atoms with Gasteiger partial charge in [-0.1, -0.05) is 27.3 Å². The Morgan fingerprint density at radius 3 is 2.53 bits per heavy atom. The molecule has 0 fully saturated rings. The highest BCUT2D eigenvalue weighted by Crippen LogP contribution is 2.22. The number of nitrogens with zero attached hydrogens (tertiary/aromatic N) is 2. The van der Waals surface area contributed by atoms with Gasteiger partial charge < -0.3 is 9.30 Å². The largest absolute Gasteiger partial charge is 0.466 e. The topological polar surface area (TPSA) is 121 Å². The van der Waals surface area contributed by atoms with Crippen LogP contribution in [0.2, 0.25) is 0 Å². The molecule has 2 aromatic carbocycles. The zero-order valence-electron chi connectivity index (χ0n) is 15.9. The number of primary sulfonamides is 1. The summed E-state index contributed by atoms with van der Waals surface area (Å²) in [4.78, 5) is 28.9. The lowest BCUT2D eigenvalue weighted by Gasteiger charge is -2.06. The van der Waals surface area contributed by atoms with Crippen molar-refractivity contribution >= 4 is 59.4 Å². The van der Waals surface area contributed by atoms with Crippen LogP contribution in [0.15, 0.2) is 56.8 Å². The summed E-state index contributed by atoms with van der Waals surface area (Å²) in [5.74, 6) is -0.832. The van der Waals surface area contributed by atoms with Gasteiger partial charge in [-0.3, -0.25) is 9.59 Å². The Hall–Kier alpha value is -2.34. The Morgan fingerprint density at radius 2 is 1.90 bits per heavy atom. The maximum absolute atomic E-state index is 12.6. The second-order valence-electron chi connectivity index (χ2n) is 6.19. The van der Waals surface area contributed by atoms with Crippen LogP contribution in [0.5, 0.6) is 0 Å². The number of aromatic nitrogens is 1. The number of aryl methyl sites for hydroxylation is 1. The maximum atomic E-state index is 12.6. The van der Waals surface area contributed by atoms with Crippen molar-refractivity contribution in [1.82, 2.24) is 4.57 Å². The van der Waals surface area contributed by atoms with Crippen molar-refractivity contribution in [2.45, 2.75) is 24.8 Å². The van der Waals surface area contributed by atoms with Gasteiger partial charge in [-0.15, -0.1) is 0 Å². The Balaban J connectivity index is 2.09. The highest BCUT2D eigenvalue weighted by Gasteiger charge is 2.15. The minimum Gasteiger partial charge on any atom is -0.466 e. The Kier molecular flexibility index (Phi) is 6.86. The van der Waals surface area contributed by atoms with E-state index in [2.05, 4.69) is 20.9 Å². The molecule has 0 saturated carbocycles. The summed E-state index contributed by atoms with van der Waals surface area (Å²) >= 11 is 4.46. The summed E-state index contributed by atoms with van der Waals surface area (Å²) in [5.41, 5.74) is 1.04. The number of carbonyl (C=O) groups is 2. The van der Waals surface area contributed by atoms with Crippen LogP contribution < -0.4 is 9.94 Å². The van der Waals surface area contributed by atoms with Crippen LogP contribution in [-0.2, 0) is 26.1 Å². The van der Waals surface area contributed by atoms with Gasteiger partial charge >= 0.3 is 5.97 Å². The van der Waals surface area contributed by atoms with E-state index in [9.17, 15) is 18.0 Å². The summed E-state index contributed by atoms with van der Waals surface area (Å²) in [7, 11) is -3.88. The Bertz CT molecular complexity index is 1280. The molecule has 11 heteroatoms. The van der Waals surface area contributed by atoms with Crippen LogP contribution in [-0.4, -0.2) is 31.5 Å². The number of esters is 1. The second-order valence-corrected chi connectivity index (χ2v) is 9.68. The molecular formula is C19H18BrN3O5S2. The van der Waals surface area contributed by atoms with Gasteiger partial charge in [-0.25, -0.2) is 13.6 Å². The van der Waals surface area contributed by atoms with Gasteiger partial charge in [0.25, 0.3) is 5.91 Å². The summed E-state index contributed by atoms with van der Waals surface area (Å²) in [6, 6.07) is 11.2. The third-order valence-corrected chi connectivity index (χ3v) is 6.60. The molecule has 3 rings (SSSR count). The van der Waals surface area contributed by atoms with Crippen molar-refractivity contribution in [3.8, 4) is 0 Å². The van der Waals surface area contributed by atoms with Crippen molar-refractivity contribution in [2.75, 3.05) is 6.61 Å². The SMILES string of the molecule is CCOC(=O)CCn1c(=NC(=O)c2ccc(Br)cc2)sc2cc(S(N)(=O)=O)ccc21. The van der Waals surface area contributed by atoms with Crippen LogP contribution in [0.25, 0.3) is 10.2 Å². The lowest BCUT2D eigenvalue weighted by atomic mass is 10.2. The highest BCUT2D eigenvalue weighted by atomic mass is 79.9. The van der Waals surface area contributed by atoms with E-state index in [4.69, 9.17) is 9.88 Å². The molecule has 8 nitrogen and oxygen atoms in total. The molecule has 158 valence electrons. The number of fused-ring (bicyclic) bond motifs is 1. The number of ether oxygens (including phenoxy) is 1. The van der Waals surface area contributed by atoms with Crippen LogP contribution in [0.4, 0.5) is 0 Å². The summed E-state index contributed by atoms with van der Waals surface area (Å²) in [5, 5.41) is 5.22. The van der Waals surface area contributed by atoms with Gasteiger partial charge in [-0.2, -0.15) is 4.99 Å². The predicted molar refractivity (Wildman–Crippen MR) is 116 cm³/mol. The highest BCUT2D eigenvalue weighted by molar-refractivity contribution is 9.10. The zero-order chi connectivity index (χ0) is 21.9. The van der Waals surface area contributed by atoms with Crippen LogP contribution >= 0.6 is 27.3 Å². The van der Waals surface area contributed by atoms with Crippen molar-refractivity contribution in [2.24, 2.45) is 10.1 Å². The monoisotopic (exact) mass is 511 g/mol. The van der Waals surface area contributed by atoms with E-state index in [1.54, 1.807) is 41.8 Å². The smallest absolute Gasteiger partial charge is 0.307 e. The second kappa shape index (κ2) is 9.21. The fourth-order valence-electron chi connectivity index (χ4n) is 2.71. The number of amides is 1. The third-order valence-electron chi connectivity index (χ3n) is 4.12. The molecule has 0 radical (unpaired) electrons. The first-order chi connectivity index (χ1) is 14.2. The number of rotatable bonds is 6. The zero-order valence-corrected chi connectivity index (χ0v) is 19.1. The molecule has 1 aromatic heterocycles. The normalized spacial score (nSPS) is 12.3. The number of hydrogen-bond donors (Lipinski definition) is 1. The van der Waals surface area contributed by atoms with Gasteiger partial charge in [0, 0.05) is 16.6 Å². The van der Waals surface area contributed by atoms with E-state index >= 15 is 0 Å². The number of nitrogens with two attached hydrogens (primary N) is 1. The lowest BCUT2D eigenvalue weighted by Crippen LogP contribution is -2.19. The van der Waals surface area contributed by atoms with E-state index in [1.807, 2.05) is 0 Å². The molecular weight excluding hydrogens is 494 g/mol. The number of halogens is 1. The van der Waals surface area contributed by atoms with E-state index in [-0.39, 0.29) is 30.4 Å². The minimum absolute atomic E-state index is 0.0421. The fourth-order valence-corrected chi connectivity index (χ4v) is 4.68. The predicted octanol–water partition coefficient (Wildman–Crippen LogP) is 2.81. The van der Waals surface area contributed by atoms with E-state index < -0.39 is 15.9 Å². The molecule has 1 heterocycles. The molecule has 1 amide bonds. The van der Waals surface area contributed by atoms with E-state index in [0.717, 1.165) is 15.8 Å². The molecule has 0 aliphatic heterocycles. The minimum atomic E-state index is -3.88. The van der Waals surface area contributed by atoms with Crippen LogP contribution in [0.3, 0.4) is 0 Å². The molecule has 0 spiro atoms. The van der Waals surface area contributed by atoms with Crippen molar-refractivity contribution < 1.29 is 22.7 Å². The average Bonchev–Trinajstić information content (AvgIpc) is 3.02. The van der Waals surface area contributed by atoms with Gasteiger partial charge in [0.2, 0.25) is 10.0 Å². The average molecular weight is 512 g/mol. The summed E-state index contributed by atoms with van der Waals surface area (Å²) in [6.45, 7) is 2.21. The molecule has 0 unspecified atom stereocenters. The molecule has 0 bridgehead atoms. The number of sulfonamides is 1. The standard InChI is InChI=1S/C19H18BrN3O5S2/c1-2-28-17(24)9-10-23-15-8-7-14(30(21,26)27)11-16(15)29-19(23)22-18(25)12-3-5-13(20)6-4-12/h3-8,11H,2,9-10H2,1H3,(H2,21,26,27).